The maximum Gasteiger partial charge on any atom is 0.216 e. The van der Waals surface area contributed by atoms with Crippen LogP contribution < -0.4 is 0 Å². The molecule has 0 aromatic heterocycles. The molecule has 0 aliphatic carbocycles. The maximum absolute atomic E-state index is 12.1. The van der Waals surface area contributed by atoms with Crippen molar-refractivity contribution < 1.29 is 13.2 Å². The summed E-state index contributed by atoms with van der Waals surface area (Å²) in [5.41, 5.74) is 0. The van der Waals surface area contributed by atoms with Crippen molar-refractivity contribution in [3.05, 3.63) is 11.6 Å². The van der Waals surface area contributed by atoms with Gasteiger partial charge in [0.05, 0.1) is 18.5 Å². The second-order valence-electron chi connectivity index (χ2n) is 4.93. The Morgan fingerprint density at radius 1 is 1.32 bits per heavy atom. The Morgan fingerprint density at radius 3 is 2.37 bits per heavy atom. The van der Waals surface area contributed by atoms with Gasteiger partial charge in [0.2, 0.25) is 10.0 Å². The van der Waals surface area contributed by atoms with Gasteiger partial charge in [0.25, 0.3) is 0 Å². The maximum atomic E-state index is 12.1. The molecule has 0 bridgehead atoms. The topological polar surface area (TPSA) is 49.9 Å². The van der Waals surface area contributed by atoms with Crippen molar-refractivity contribution in [2.24, 2.45) is 0 Å². The van der Waals surface area contributed by atoms with Gasteiger partial charge < -0.3 is 4.74 Å². The Morgan fingerprint density at radius 2 is 1.89 bits per heavy atom. The Bertz CT molecular complexity index is 390. The standard InChI is InChI=1S/C12H23ClN2O3S/c1-11(2)18-8-9-19(16,17)15-6-4-14(5-7-15)10-12(3)13/h11H,3-10H2,1-2H3. The third-order valence-electron chi connectivity index (χ3n) is 2.91. The zero-order valence-corrected chi connectivity index (χ0v) is 13.2. The van der Waals surface area contributed by atoms with Gasteiger partial charge in [-0.2, -0.15) is 4.31 Å². The Labute approximate surface area is 121 Å². The number of rotatable bonds is 7. The smallest absolute Gasteiger partial charge is 0.216 e. The van der Waals surface area contributed by atoms with E-state index in [9.17, 15) is 8.42 Å². The van der Waals surface area contributed by atoms with E-state index in [-0.39, 0.29) is 18.5 Å². The van der Waals surface area contributed by atoms with Gasteiger partial charge in [0.15, 0.2) is 0 Å². The molecule has 19 heavy (non-hydrogen) atoms. The SMILES string of the molecule is C=C(Cl)CN1CCN(S(=O)(=O)CCOC(C)C)CC1. The average Bonchev–Trinajstić information content (AvgIpc) is 2.28. The van der Waals surface area contributed by atoms with Crippen molar-refractivity contribution in [2.45, 2.75) is 20.0 Å². The molecule has 1 heterocycles. The first kappa shape index (κ1) is 16.9. The molecule has 0 aromatic carbocycles. The molecule has 1 aliphatic rings. The Hall–Kier alpha value is -0.140. The van der Waals surface area contributed by atoms with Crippen LogP contribution in [0.4, 0.5) is 0 Å². The van der Waals surface area contributed by atoms with E-state index >= 15 is 0 Å². The number of nitrogens with zero attached hydrogens (tertiary/aromatic N) is 2. The molecule has 0 saturated carbocycles. The van der Waals surface area contributed by atoms with Crippen molar-refractivity contribution in [3.8, 4) is 0 Å². The summed E-state index contributed by atoms with van der Waals surface area (Å²) >= 11 is 5.75. The summed E-state index contributed by atoms with van der Waals surface area (Å²) in [4.78, 5) is 2.10. The average molecular weight is 311 g/mol. The number of sulfonamides is 1. The summed E-state index contributed by atoms with van der Waals surface area (Å²) in [7, 11) is -3.20. The second kappa shape index (κ2) is 7.59. The van der Waals surface area contributed by atoms with Gasteiger partial charge in [-0.05, 0) is 13.8 Å². The molecule has 0 atom stereocenters. The van der Waals surface area contributed by atoms with Crippen molar-refractivity contribution in [1.29, 1.82) is 0 Å². The third kappa shape index (κ3) is 6.23. The quantitative estimate of drug-likeness (QED) is 0.707. The van der Waals surface area contributed by atoms with Crippen LogP contribution >= 0.6 is 11.6 Å². The molecule has 112 valence electrons. The molecule has 0 radical (unpaired) electrons. The van der Waals surface area contributed by atoms with Gasteiger partial charge in [0, 0.05) is 37.8 Å². The normalized spacial score (nSPS) is 18.9. The molecule has 0 amide bonds. The molecule has 1 fully saturated rings. The summed E-state index contributed by atoms with van der Waals surface area (Å²) in [5, 5.41) is 0.585. The van der Waals surface area contributed by atoms with Crippen LogP contribution in [0.1, 0.15) is 13.8 Å². The minimum atomic E-state index is -3.20. The Kier molecular flexibility index (Phi) is 6.76. The van der Waals surface area contributed by atoms with E-state index in [1.165, 1.54) is 4.31 Å². The van der Waals surface area contributed by atoms with Crippen LogP contribution in [-0.2, 0) is 14.8 Å². The summed E-state index contributed by atoms with van der Waals surface area (Å²) < 4.78 is 31.0. The molecule has 1 aliphatic heterocycles. The number of ether oxygens (including phenoxy) is 1. The number of piperazine rings is 1. The van der Waals surface area contributed by atoms with Gasteiger partial charge in [-0.25, -0.2) is 8.42 Å². The van der Waals surface area contributed by atoms with Gasteiger partial charge in [-0.15, -0.1) is 0 Å². The molecule has 7 heteroatoms. The Balaban J connectivity index is 2.38. The fourth-order valence-corrected chi connectivity index (χ4v) is 3.38. The highest BCUT2D eigenvalue weighted by atomic mass is 35.5. The zero-order chi connectivity index (χ0) is 14.5. The van der Waals surface area contributed by atoms with Crippen LogP contribution in [0.3, 0.4) is 0 Å². The van der Waals surface area contributed by atoms with Crippen molar-refractivity contribution in [2.75, 3.05) is 45.1 Å². The lowest BCUT2D eigenvalue weighted by molar-refractivity contribution is 0.0903. The van der Waals surface area contributed by atoms with E-state index in [0.29, 0.717) is 37.8 Å². The molecule has 1 rings (SSSR count). The molecule has 0 unspecified atom stereocenters. The van der Waals surface area contributed by atoms with Crippen LogP contribution in [0.5, 0.6) is 0 Å². The predicted molar refractivity (Wildman–Crippen MR) is 77.9 cm³/mol. The van der Waals surface area contributed by atoms with E-state index in [4.69, 9.17) is 16.3 Å². The summed E-state index contributed by atoms with van der Waals surface area (Å²) in [6, 6.07) is 0. The summed E-state index contributed by atoms with van der Waals surface area (Å²) in [6.45, 7) is 10.7. The first-order chi connectivity index (χ1) is 8.81. The molecule has 5 nitrogen and oxygen atoms in total. The lowest BCUT2D eigenvalue weighted by Crippen LogP contribution is -2.49. The van der Waals surface area contributed by atoms with E-state index in [2.05, 4.69) is 11.5 Å². The lowest BCUT2D eigenvalue weighted by Gasteiger charge is -2.33. The molecular weight excluding hydrogens is 288 g/mol. The highest BCUT2D eigenvalue weighted by molar-refractivity contribution is 7.89. The summed E-state index contributed by atoms with van der Waals surface area (Å²) in [6.07, 6.45) is 0.0572. The van der Waals surface area contributed by atoms with Crippen LogP contribution in [0.15, 0.2) is 11.6 Å². The van der Waals surface area contributed by atoms with Gasteiger partial charge in [0.1, 0.15) is 0 Å². The number of hydrogen-bond acceptors (Lipinski definition) is 4. The van der Waals surface area contributed by atoms with Crippen LogP contribution in [0.2, 0.25) is 0 Å². The van der Waals surface area contributed by atoms with Crippen molar-refractivity contribution >= 4 is 21.6 Å². The van der Waals surface area contributed by atoms with E-state index in [0.717, 1.165) is 0 Å². The largest absolute Gasteiger partial charge is 0.378 e. The van der Waals surface area contributed by atoms with Crippen LogP contribution in [-0.4, -0.2) is 68.8 Å². The van der Waals surface area contributed by atoms with Gasteiger partial charge in [-0.1, -0.05) is 18.2 Å². The molecule has 0 N–H and O–H groups in total. The molecule has 0 spiro atoms. The van der Waals surface area contributed by atoms with E-state index < -0.39 is 10.0 Å². The van der Waals surface area contributed by atoms with E-state index in [1.807, 2.05) is 13.8 Å². The van der Waals surface area contributed by atoms with Crippen LogP contribution in [0.25, 0.3) is 0 Å². The van der Waals surface area contributed by atoms with E-state index in [1.54, 1.807) is 0 Å². The van der Waals surface area contributed by atoms with Crippen molar-refractivity contribution in [3.63, 3.8) is 0 Å². The lowest BCUT2D eigenvalue weighted by atomic mass is 10.3. The monoisotopic (exact) mass is 310 g/mol. The van der Waals surface area contributed by atoms with Gasteiger partial charge >= 0.3 is 0 Å². The van der Waals surface area contributed by atoms with Gasteiger partial charge in [-0.3, -0.25) is 4.90 Å². The zero-order valence-electron chi connectivity index (χ0n) is 11.6. The number of halogens is 1. The first-order valence-corrected chi connectivity index (χ1v) is 8.45. The highest BCUT2D eigenvalue weighted by Crippen LogP contribution is 2.10. The molecule has 0 aromatic rings. The molecule has 1 saturated heterocycles. The minimum absolute atomic E-state index is 0.0490. The minimum Gasteiger partial charge on any atom is -0.378 e. The fraction of sp³-hybridized carbons (Fsp3) is 0.833. The van der Waals surface area contributed by atoms with Crippen LogP contribution in [0, 0.1) is 0 Å². The predicted octanol–water partition coefficient (Wildman–Crippen LogP) is 1.11. The fourth-order valence-electron chi connectivity index (χ4n) is 1.93. The second-order valence-corrected chi connectivity index (χ2v) is 7.55. The van der Waals surface area contributed by atoms with Crippen molar-refractivity contribution in [1.82, 2.24) is 9.21 Å². The number of hydrogen-bond donors (Lipinski definition) is 0. The summed E-state index contributed by atoms with van der Waals surface area (Å²) in [5.74, 6) is 0.0490. The first-order valence-electron chi connectivity index (χ1n) is 6.46. The third-order valence-corrected chi connectivity index (χ3v) is 4.87. The molecular formula is C12H23ClN2O3S. The highest BCUT2D eigenvalue weighted by Gasteiger charge is 2.26.